The predicted octanol–water partition coefficient (Wildman–Crippen LogP) is 2.30. The lowest BCUT2D eigenvalue weighted by molar-refractivity contribution is -0.384. The first-order valence-electron chi connectivity index (χ1n) is 6.20. The number of aliphatic carboxylic acids is 1. The second kappa shape index (κ2) is 5.66. The molecule has 2 aromatic rings. The van der Waals surface area contributed by atoms with Crippen LogP contribution >= 0.6 is 0 Å². The average molecular weight is 287 g/mol. The molecule has 1 aromatic carbocycles. The summed E-state index contributed by atoms with van der Waals surface area (Å²) in [7, 11) is 0. The van der Waals surface area contributed by atoms with E-state index in [1.54, 1.807) is 32.0 Å². The number of benzene rings is 1. The summed E-state index contributed by atoms with van der Waals surface area (Å²) in [5, 5.41) is 19.9. The van der Waals surface area contributed by atoms with Gasteiger partial charge >= 0.3 is 5.97 Å². The molecule has 2 rings (SSSR count). The molecule has 0 bridgehead atoms. The first-order valence-corrected chi connectivity index (χ1v) is 6.20. The van der Waals surface area contributed by atoms with Gasteiger partial charge in [-0.1, -0.05) is 12.1 Å². The van der Waals surface area contributed by atoms with E-state index >= 15 is 0 Å². The number of para-hydroxylation sites is 1. The van der Waals surface area contributed by atoms with Crippen LogP contribution < -0.4 is 0 Å². The molecule has 0 saturated heterocycles. The standard InChI is InChI=1S/C14H13N3O4/c1-8-11(7-13(18)19)9(2)16-14(15-8)10-5-3-4-6-12(10)17(20)21/h3-6H,7H2,1-2H3,(H,18,19). The maximum Gasteiger partial charge on any atom is 0.307 e. The number of aryl methyl sites for hydroxylation is 2. The Kier molecular flexibility index (Phi) is 3.93. The minimum Gasteiger partial charge on any atom is -0.481 e. The van der Waals surface area contributed by atoms with Gasteiger partial charge in [0.15, 0.2) is 5.82 Å². The van der Waals surface area contributed by atoms with Gasteiger partial charge in [-0.15, -0.1) is 0 Å². The quantitative estimate of drug-likeness (QED) is 0.683. The van der Waals surface area contributed by atoms with Crippen LogP contribution in [0, 0.1) is 24.0 Å². The van der Waals surface area contributed by atoms with Gasteiger partial charge in [0.1, 0.15) is 0 Å². The molecule has 0 spiro atoms. The number of nitro groups is 1. The number of carbonyl (C=O) groups is 1. The van der Waals surface area contributed by atoms with Gasteiger partial charge < -0.3 is 5.11 Å². The predicted molar refractivity (Wildman–Crippen MR) is 74.9 cm³/mol. The molecule has 0 aliphatic carbocycles. The molecule has 7 heteroatoms. The number of carboxylic acid groups (broad SMARTS) is 1. The second-order valence-electron chi connectivity index (χ2n) is 4.54. The van der Waals surface area contributed by atoms with Crippen molar-refractivity contribution in [1.82, 2.24) is 9.97 Å². The molecule has 0 aliphatic heterocycles. The van der Waals surface area contributed by atoms with E-state index in [-0.39, 0.29) is 17.9 Å². The molecular weight excluding hydrogens is 274 g/mol. The van der Waals surface area contributed by atoms with Crippen molar-refractivity contribution >= 4 is 11.7 Å². The third-order valence-electron chi connectivity index (χ3n) is 3.09. The zero-order chi connectivity index (χ0) is 15.6. The molecule has 21 heavy (non-hydrogen) atoms. The van der Waals surface area contributed by atoms with E-state index in [2.05, 4.69) is 9.97 Å². The lowest BCUT2D eigenvalue weighted by Crippen LogP contribution is -2.09. The fraction of sp³-hybridized carbons (Fsp3) is 0.214. The first kappa shape index (κ1) is 14.6. The van der Waals surface area contributed by atoms with E-state index in [4.69, 9.17) is 5.11 Å². The Balaban J connectivity index is 2.57. The molecular formula is C14H13N3O4. The summed E-state index contributed by atoms with van der Waals surface area (Å²) in [5.74, 6) is -0.741. The lowest BCUT2D eigenvalue weighted by atomic mass is 10.1. The molecule has 108 valence electrons. The SMILES string of the molecule is Cc1nc(-c2ccccc2[N+](=O)[O-])nc(C)c1CC(=O)O. The summed E-state index contributed by atoms with van der Waals surface area (Å²) in [6, 6.07) is 6.19. The van der Waals surface area contributed by atoms with Gasteiger partial charge in [-0.05, 0) is 19.9 Å². The van der Waals surface area contributed by atoms with Crippen LogP contribution in [-0.4, -0.2) is 26.0 Å². The van der Waals surface area contributed by atoms with Gasteiger partial charge in [-0.3, -0.25) is 14.9 Å². The molecule has 0 aliphatic rings. The third kappa shape index (κ3) is 3.02. The Morgan fingerprint density at radius 2 is 1.81 bits per heavy atom. The van der Waals surface area contributed by atoms with Gasteiger partial charge in [-0.2, -0.15) is 0 Å². The Labute approximate surface area is 120 Å². The molecule has 0 atom stereocenters. The highest BCUT2D eigenvalue weighted by atomic mass is 16.6. The number of nitrogens with zero attached hydrogens (tertiary/aromatic N) is 3. The molecule has 0 saturated carbocycles. The highest BCUT2D eigenvalue weighted by Crippen LogP contribution is 2.28. The summed E-state index contributed by atoms with van der Waals surface area (Å²) in [6.07, 6.45) is -0.172. The molecule has 0 fully saturated rings. The Morgan fingerprint density at radius 3 is 2.33 bits per heavy atom. The molecule has 0 unspecified atom stereocenters. The van der Waals surface area contributed by atoms with Gasteiger partial charge in [0, 0.05) is 23.0 Å². The lowest BCUT2D eigenvalue weighted by Gasteiger charge is -2.09. The van der Waals surface area contributed by atoms with Crippen molar-refractivity contribution in [3.05, 3.63) is 51.3 Å². The Bertz CT molecular complexity index is 705. The summed E-state index contributed by atoms with van der Waals surface area (Å²) < 4.78 is 0. The minimum absolute atomic E-state index is 0.0812. The molecule has 1 heterocycles. The topological polar surface area (TPSA) is 106 Å². The Morgan fingerprint density at radius 1 is 1.24 bits per heavy atom. The molecule has 7 nitrogen and oxygen atoms in total. The van der Waals surface area contributed by atoms with Crippen LogP contribution in [-0.2, 0) is 11.2 Å². The third-order valence-corrected chi connectivity index (χ3v) is 3.09. The van der Waals surface area contributed by atoms with Crippen LogP contribution in [0.25, 0.3) is 11.4 Å². The van der Waals surface area contributed by atoms with E-state index < -0.39 is 10.9 Å². The zero-order valence-corrected chi connectivity index (χ0v) is 11.5. The first-order chi connectivity index (χ1) is 9.90. The van der Waals surface area contributed by atoms with Crippen molar-refractivity contribution in [1.29, 1.82) is 0 Å². The van der Waals surface area contributed by atoms with Crippen molar-refractivity contribution in [2.24, 2.45) is 0 Å². The minimum atomic E-state index is -0.969. The van der Waals surface area contributed by atoms with Crippen LogP contribution in [0.2, 0.25) is 0 Å². The second-order valence-corrected chi connectivity index (χ2v) is 4.54. The number of hydrogen-bond donors (Lipinski definition) is 1. The number of rotatable bonds is 4. The van der Waals surface area contributed by atoms with Crippen molar-refractivity contribution in [2.45, 2.75) is 20.3 Å². The van der Waals surface area contributed by atoms with E-state index in [0.29, 0.717) is 22.5 Å². The van der Waals surface area contributed by atoms with Crippen LogP contribution in [0.5, 0.6) is 0 Å². The fourth-order valence-electron chi connectivity index (χ4n) is 2.09. The van der Waals surface area contributed by atoms with Gasteiger partial charge in [0.2, 0.25) is 0 Å². The maximum atomic E-state index is 11.0. The van der Waals surface area contributed by atoms with E-state index in [9.17, 15) is 14.9 Å². The fourth-order valence-corrected chi connectivity index (χ4v) is 2.09. The normalized spacial score (nSPS) is 10.4. The maximum absolute atomic E-state index is 11.0. The van der Waals surface area contributed by atoms with Crippen LogP contribution in [0.15, 0.2) is 24.3 Å². The average Bonchev–Trinajstić information content (AvgIpc) is 2.42. The van der Waals surface area contributed by atoms with Gasteiger partial charge in [-0.25, -0.2) is 9.97 Å². The molecule has 0 radical (unpaired) electrons. The highest BCUT2D eigenvalue weighted by Gasteiger charge is 2.19. The van der Waals surface area contributed by atoms with Crippen molar-refractivity contribution in [3.63, 3.8) is 0 Å². The number of hydrogen-bond acceptors (Lipinski definition) is 5. The summed E-state index contributed by atoms with van der Waals surface area (Å²) in [6.45, 7) is 3.34. The van der Waals surface area contributed by atoms with Crippen LogP contribution in [0.3, 0.4) is 0 Å². The largest absolute Gasteiger partial charge is 0.481 e. The highest BCUT2D eigenvalue weighted by molar-refractivity contribution is 5.72. The zero-order valence-electron chi connectivity index (χ0n) is 11.5. The number of nitro benzene ring substituents is 1. The monoisotopic (exact) mass is 287 g/mol. The van der Waals surface area contributed by atoms with Gasteiger partial charge in [0.25, 0.3) is 5.69 Å². The van der Waals surface area contributed by atoms with E-state index in [1.807, 2.05) is 0 Å². The molecule has 1 N–H and O–H groups in total. The van der Waals surface area contributed by atoms with E-state index in [1.165, 1.54) is 6.07 Å². The summed E-state index contributed by atoms with van der Waals surface area (Å²) in [5.41, 5.74) is 1.79. The van der Waals surface area contributed by atoms with Crippen LogP contribution in [0.1, 0.15) is 17.0 Å². The molecule has 0 amide bonds. The van der Waals surface area contributed by atoms with E-state index in [0.717, 1.165) is 0 Å². The molecule has 1 aromatic heterocycles. The van der Waals surface area contributed by atoms with Crippen molar-refractivity contribution < 1.29 is 14.8 Å². The number of aromatic nitrogens is 2. The Hall–Kier alpha value is -2.83. The van der Waals surface area contributed by atoms with Crippen molar-refractivity contribution in [3.8, 4) is 11.4 Å². The number of carboxylic acids is 1. The smallest absolute Gasteiger partial charge is 0.307 e. The summed E-state index contributed by atoms with van der Waals surface area (Å²) >= 11 is 0. The van der Waals surface area contributed by atoms with Crippen LogP contribution in [0.4, 0.5) is 5.69 Å². The van der Waals surface area contributed by atoms with Gasteiger partial charge in [0.05, 0.1) is 16.9 Å². The summed E-state index contributed by atoms with van der Waals surface area (Å²) in [4.78, 5) is 29.8. The van der Waals surface area contributed by atoms with Crippen molar-refractivity contribution in [2.75, 3.05) is 0 Å².